The van der Waals surface area contributed by atoms with Gasteiger partial charge in [0.1, 0.15) is 0 Å². The van der Waals surface area contributed by atoms with E-state index in [-0.39, 0.29) is 23.8 Å². The van der Waals surface area contributed by atoms with Crippen molar-refractivity contribution in [3.63, 3.8) is 0 Å². The van der Waals surface area contributed by atoms with Gasteiger partial charge in [-0.2, -0.15) is 11.8 Å². The van der Waals surface area contributed by atoms with Crippen LogP contribution in [0.4, 0.5) is 0 Å². The average molecular weight is 523 g/mol. The topological polar surface area (TPSA) is 49.4 Å². The Morgan fingerprint density at radius 1 is 1.14 bits per heavy atom. The van der Waals surface area contributed by atoms with Crippen molar-refractivity contribution in [2.24, 2.45) is 5.92 Å². The van der Waals surface area contributed by atoms with Gasteiger partial charge in [-0.15, -0.1) is 11.8 Å². The second kappa shape index (κ2) is 13.4. The van der Waals surface area contributed by atoms with Crippen LogP contribution in [0.25, 0.3) is 6.08 Å². The molecule has 0 spiro atoms. The number of carbonyl (C=O) groups excluding carboxylic acids is 2. The van der Waals surface area contributed by atoms with E-state index in [0.29, 0.717) is 11.8 Å². The Morgan fingerprint density at radius 3 is 2.75 bits per heavy atom. The van der Waals surface area contributed by atoms with Crippen LogP contribution in [0.3, 0.4) is 0 Å². The third-order valence-corrected chi connectivity index (χ3v) is 9.60. The predicted octanol–water partition coefficient (Wildman–Crippen LogP) is 6.30. The molecule has 4 rings (SSSR count). The Bertz CT molecular complexity index is 1060. The zero-order chi connectivity index (χ0) is 25.3. The van der Waals surface area contributed by atoms with Gasteiger partial charge in [-0.1, -0.05) is 67.1 Å². The maximum Gasteiger partial charge on any atom is 0.260 e. The molecule has 1 aliphatic carbocycles. The Kier molecular flexibility index (Phi) is 9.99. The summed E-state index contributed by atoms with van der Waals surface area (Å²) >= 11 is 3.67. The molecule has 36 heavy (non-hydrogen) atoms. The molecule has 0 radical (unpaired) electrons. The largest absolute Gasteiger partial charge is 0.356 e. The maximum atomic E-state index is 13.8. The number of aryl methyl sites for hydroxylation is 1. The zero-order valence-electron chi connectivity index (χ0n) is 21.4. The van der Waals surface area contributed by atoms with Gasteiger partial charge in [-0.3, -0.25) is 9.59 Å². The smallest absolute Gasteiger partial charge is 0.260 e. The molecule has 1 saturated heterocycles. The number of thioether (sulfide) groups is 2. The summed E-state index contributed by atoms with van der Waals surface area (Å²) in [5.74, 6) is 2.49. The van der Waals surface area contributed by atoms with Crippen LogP contribution in [-0.2, 0) is 16.1 Å². The summed E-state index contributed by atoms with van der Waals surface area (Å²) in [6.45, 7) is 5.60. The van der Waals surface area contributed by atoms with Gasteiger partial charge in [-0.05, 0) is 67.7 Å². The summed E-state index contributed by atoms with van der Waals surface area (Å²) in [7, 11) is 0. The van der Waals surface area contributed by atoms with Crippen molar-refractivity contribution in [1.29, 1.82) is 0 Å². The molecule has 3 unspecified atom stereocenters. The third-order valence-electron chi connectivity index (χ3n) is 6.92. The normalized spacial score (nSPS) is 22.9. The molecule has 0 bridgehead atoms. The van der Waals surface area contributed by atoms with E-state index in [4.69, 9.17) is 0 Å². The van der Waals surface area contributed by atoms with Crippen molar-refractivity contribution in [3.05, 3.63) is 76.2 Å². The fourth-order valence-corrected chi connectivity index (χ4v) is 7.36. The van der Waals surface area contributed by atoms with E-state index in [0.717, 1.165) is 54.0 Å². The van der Waals surface area contributed by atoms with Crippen molar-refractivity contribution >= 4 is 41.4 Å². The van der Waals surface area contributed by atoms with Crippen LogP contribution >= 0.6 is 23.5 Å². The van der Waals surface area contributed by atoms with E-state index in [1.807, 2.05) is 53.1 Å². The summed E-state index contributed by atoms with van der Waals surface area (Å²) < 4.78 is 0. The monoisotopic (exact) mass is 522 g/mol. The maximum absolute atomic E-state index is 13.8. The highest BCUT2D eigenvalue weighted by atomic mass is 32.2. The minimum absolute atomic E-state index is 0.0254. The van der Waals surface area contributed by atoms with Gasteiger partial charge in [0, 0.05) is 30.3 Å². The van der Waals surface area contributed by atoms with E-state index in [9.17, 15) is 9.59 Å². The minimum atomic E-state index is -0.0254. The van der Waals surface area contributed by atoms with Gasteiger partial charge in [0.15, 0.2) is 0 Å². The number of fused-ring (bicyclic) bond motifs is 1. The van der Waals surface area contributed by atoms with E-state index in [2.05, 4.69) is 43.4 Å². The van der Waals surface area contributed by atoms with Gasteiger partial charge in [0.2, 0.25) is 5.91 Å². The molecule has 2 aliphatic rings. The second-order valence-corrected chi connectivity index (χ2v) is 12.3. The van der Waals surface area contributed by atoms with Crippen LogP contribution in [0, 0.1) is 12.8 Å². The molecule has 2 amide bonds. The molecule has 2 fully saturated rings. The molecule has 2 aromatic carbocycles. The van der Waals surface area contributed by atoms with E-state index in [1.165, 1.54) is 17.7 Å². The molecule has 1 saturated carbocycles. The Balaban J connectivity index is 1.48. The first-order chi connectivity index (χ1) is 17.5. The van der Waals surface area contributed by atoms with Crippen molar-refractivity contribution in [1.82, 2.24) is 10.2 Å². The number of carbonyl (C=O) groups is 2. The highest BCUT2D eigenvalue weighted by Gasteiger charge is 2.44. The molecule has 1 aliphatic heterocycles. The number of amides is 2. The fourth-order valence-electron chi connectivity index (χ4n) is 5.10. The first-order valence-corrected chi connectivity index (χ1v) is 15.2. The number of nitrogens with zero attached hydrogens (tertiary/aromatic N) is 1. The van der Waals surface area contributed by atoms with Crippen molar-refractivity contribution < 1.29 is 9.59 Å². The highest BCUT2D eigenvalue weighted by Crippen LogP contribution is 2.44. The van der Waals surface area contributed by atoms with Gasteiger partial charge >= 0.3 is 0 Å². The van der Waals surface area contributed by atoms with Crippen molar-refractivity contribution in [2.75, 3.05) is 18.1 Å². The quantitative estimate of drug-likeness (QED) is 0.294. The van der Waals surface area contributed by atoms with Crippen LogP contribution in [0.1, 0.15) is 55.7 Å². The number of hydrogen-bond donors (Lipinski definition) is 1. The SMILES string of the molecule is CCCSCCCNC(=O)C1CCC2S/C(=C\c3ccccc3)C(=O)N(Cc3cccc(C)c3)C2C1. The van der Waals surface area contributed by atoms with Gasteiger partial charge in [0.05, 0.1) is 4.91 Å². The van der Waals surface area contributed by atoms with Gasteiger partial charge in [-0.25, -0.2) is 0 Å². The first-order valence-electron chi connectivity index (χ1n) is 13.2. The van der Waals surface area contributed by atoms with Gasteiger partial charge in [0.25, 0.3) is 5.91 Å². The Hall–Kier alpha value is -2.18. The van der Waals surface area contributed by atoms with E-state index < -0.39 is 0 Å². The summed E-state index contributed by atoms with van der Waals surface area (Å²) in [5, 5.41) is 3.49. The van der Waals surface area contributed by atoms with Crippen LogP contribution in [0.15, 0.2) is 59.5 Å². The second-order valence-electron chi connectivity index (χ2n) is 9.83. The predicted molar refractivity (Wildman–Crippen MR) is 154 cm³/mol. The fraction of sp³-hybridized carbons (Fsp3) is 0.467. The summed E-state index contributed by atoms with van der Waals surface area (Å²) in [5.41, 5.74) is 3.39. The summed E-state index contributed by atoms with van der Waals surface area (Å²) in [6, 6.07) is 18.6. The first kappa shape index (κ1) is 26.9. The van der Waals surface area contributed by atoms with Crippen molar-refractivity contribution in [3.8, 4) is 0 Å². The number of hydrogen-bond acceptors (Lipinski definition) is 4. The molecule has 2 aromatic rings. The molecule has 4 nitrogen and oxygen atoms in total. The molecular weight excluding hydrogens is 484 g/mol. The van der Waals surface area contributed by atoms with E-state index >= 15 is 0 Å². The lowest BCUT2D eigenvalue weighted by Crippen LogP contribution is -2.53. The average Bonchev–Trinajstić information content (AvgIpc) is 2.89. The lowest BCUT2D eigenvalue weighted by molar-refractivity contribution is -0.133. The van der Waals surface area contributed by atoms with Crippen LogP contribution in [0.2, 0.25) is 0 Å². The van der Waals surface area contributed by atoms with Crippen LogP contribution < -0.4 is 5.32 Å². The highest BCUT2D eigenvalue weighted by molar-refractivity contribution is 8.04. The summed E-state index contributed by atoms with van der Waals surface area (Å²) in [6.07, 6.45) is 6.81. The molecule has 0 aromatic heterocycles. The number of rotatable bonds is 10. The summed E-state index contributed by atoms with van der Waals surface area (Å²) in [4.78, 5) is 29.7. The lowest BCUT2D eigenvalue weighted by Gasteiger charge is -2.46. The molecule has 3 atom stereocenters. The zero-order valence-corrected chi connectivity index (χ0v) is 23.1. The van der Waals surface area contributed by atoms with E-state index in [1.54, 1.807) is 11.8 Å². The van der Waals surface area contributed by atoms with Crippen LogP contribution in [-0.4, -0.2) is 46.1 Å². The molecule has 1 N–H and O–H groups in total. The van der Waals surface area contributed by atoms with Crippen molar-refractivity contribution in [2.45, 2.75) is 63.8 Å². The molecule has 1 heterocycles. The van der Waals surface area contributed by atoms with Crippen LogP contribution in [0.5, 0.6) is 0 Å². The van der Waals surface area contributed by atoms with Gasteiger partial charge < -0.3 is 10.2 Å². The lowest BCUT2D eigenvalue weighted by atomic mass is 9.83. The Labute approximate surface area is 224 Å². The molecular formula is C30H38N2O2S2. The molecule has 6 heteroatoms. The third kappa shape index (κ3) is 7.19. The minimum Gasteiger partial charge on any atom is -0.356 e. The number of benzene rings is 2. The standard InChI is InChI=1S/C30H38N2O2S2/c1-3-16-35-17-8-15-31-29(33)25-13-14-27-26(20-25)32(21-24-12-7-9-22(2)18-24)30(34)28(36-27)19-23-10-5-4-6-11-23/h4-7,9-12,18-19,25-27H,3,8,13-17,20-21H2,1-2H3,(H,31,33)/b28-19-. The molecule has 192 valence electrons. The number of nitrogens with one attached hydrogen (secondary N) is 1. The Morgan fingerprint density at radius 2 is 1.97 bits per heavy atom.